The van der Waals surface area contributed by atoms with Gasteiger partial charge >= 0.3 is 0 Å². The van der Waals surface area contributed by atoms with Crippen molar-refractivity contribution in [2.24, 2.45) is 0 Å². The van der Waals surface area contributed by atoms with E-state index in [1.54, 1.807) is 24.3 Å². The highest BCUT2D eigenvalue weighted by Crippen LogP contribution is 2.36. The topological polar surface area (TPSA) is 63.6 Å². The minimum Gasteiger partial charge on any atom is -0.409 e. The number of halogens is 2. The highest BCUT2D eigenvalue weighted by atomic mass is 79.9. The van der Waals surface area contributed by atoms with Crippen molar-refractivity contribution in [1.82, 2.24) is 0 Å². The quantitative estimate of drug-likeness (QED) is 0.308. The molecule has 0 aliphatic rings. The summed E-state index contributed by atoms with van der Waals surface area (Å²) in [5.41, 5.74) is 1.24. The molecule has 0 unspecified atom stereocenters. The van der Waals surface area contributed by atoms with Gasteiger partial charge in [0.15, 0.2) is 19.9 Å². The highest BCUT2D eigenvalue weighted by Gasteiger charge is 2.37. The van der Waals surface area contributed by atoms with Gasteiger partial charge in [-0.15, -0.1) is 0 Å². The first-order valence-corrected chi connectivity index (χ1v) is 13.7. The molecule has 0 radical (unpaired) electrons. The Morgan fingerprint density at radius 3 is 1.57 bits per heavy atom. The van der Waals surface area contributed by atoms with Crippen molar-refractivity contribution < 1.29 is 19.1 Å². The number of hydrogen-bond acceptors (Lipinski definition) is 4. The molecule has 0 heterocycles. The third-order valence-electron chi connectivity index (χ3n) is 4.85. The molecule has 0 fully saturated rings. The molecule has 0 aromatic heterocycles. The van der Waals surface area contributed by atoms with E-state index in [1.807, 2.05) is 24.3 Å². The zero-order valence-electron chi connectivity index (χ0n) is 17.5. The van der Waals surface area contributed by atoms with Gasteiger partial charge in [0, 0.05) is 20.1 Å². The van der Waals surface area contributed by atoms with Crippen LogP contribution in [-0.2, 0) is 4.43 Å². The van der Waals surface area contributed by atoms with Gasteiger partial charge in [-0.25, -0.2) is 0 Å². The van der Waals surface area contributed by atoms with Gasteiger partial charge in [0.25, 0.3) is 0 Å². The van der Waals surface area contributed by atoms with Crippen molar-refractivity contribution in [2.45, 2.75) is 46.3 Å². The SMILES string of the molecule is C.CC(C)(C)[Si](C)(C)OCC(=O)c1ccc(Br)cc1.O=C(CO)c1ccc(Br)cc1. The maximum Gasteiger partial charge on any atom is 0.192 e. The zero-order valence-corrected chi connectivity index (χ0v) is 21.6. The van der Waals surface area contributed by atoms with E-state index in [4.69, 9.17) is 9.53 Å². The number of aliphatic hydroxyl groups excluding tert-OH is 1. The molecule has 4 nitrogen and oxygen atoms in total. The van der Waals surface area contributed by atoms with Crippen molar-refractivity contribution in [1.29, 1.82) is 0 Å². The summed E-state index contributed by atoms with van der Waals surface area (Å²) < 4.78 is 7.82. The normalized spacial score (nSPS) is 11.1. The van der Waals surface area contributed by atoms with Gasteiger partial charge in [-0.05, 0) is 42.4 Å². The summed E-state index contributed by atoms with van der Waals surface area (Å²) >= 11 is 6.60. The maximum absolute atomic E-state index is 12.0. The van der Waals surface area contributed by atoms with E-state index in [9.17, 15) is 9.59 Å². The second-order valence-electron chi connectivity index (χ2n) is 8.07. The van der Waals surface area contributed by atoms with Gasteiger partial charge in [-0.2, -0.15) is 0 Å². The molecule has 0 spiro atoms. The lowest BCUT2D eigenvalue weighted by Crippen LogP contribution is -2.42. The number of carbonyl (C=O) groups excluding carboxylic acids is 2. The molecule has 166 valence electrons. The number of rotatable bonds is 6. The van der Waals surface area contributed by atoms with Gasteiger partial charge in [-0.1, -0.05) is 84.3 Å². The van der Waals surface area contributed by atoms with Crippen molar-refractivity contribution in [3.05, 3.63) is 68.6 Å². The second kappa shape index (κ2) is 12.7. The van der Waals surface area contributed by atoms with Crippen LogP contribution >= 0.6 is 31.9 Å². The molecule has 0 aliphatic heterocycles. The van der Waals surface area contributed by atoms with Crippen molar-refractivity contribution in [3.8, 4) is 0 Å². The third kappa shape index (κ3) is 9.35. The summed E-state index contributed by atoms with van der Waals surface area (Å²) in [7, 11) is -1.84. The number of benzene rings is 2. The number of carbonyl (C=O) groups is 2. The van der Waals surface area contributed by atoms with Gasteiger partial charge in [-0.3, -0.25) is 9.59 Å². The number of Topliss-reactive ketones (excluding diaryl/α,β-unsaturated/α-hetero) is 2. The fourth-order valence-corrected chi connectivity index (χ4v) is 3.36. The van der Waals surface area contributed by atoms with Crippen molar-refractivity contribution in [2.75, 3.05) is 13.2 Å². The largest absolute Gasteiger partial charge is 0.409 e. The van der Waals surface area contributed by atoms with Crippen LogP contribution in [-0.4, -0.2) is 38.2 Å². The first-order valence-electron chi connectivity index (χ1n) is 9.20. The Labute approximate surface area is 198 Å². The standard InChI is InChI=1S/C14H21BrO2Si.C8H7BrO2.CH4/c1-14(2,3)18(4,5)17-10-13(16)11-6-8-12(15)9-7-11;9-7-3-1-6(2-4-7)8(11)5-10;/h6-9H,10H2,1-5H3;1-4,10H,5H2;1H4. The number of hydrogen-bond donors (Lipinski definition) is 1. The predicted octanol–water partition coefficient (Wildman–Crippen LogP) is 6.91. The molecule has 0 saturated heterocycles. The average molecular weight is 560 g/mol. The lowest BCUT2D eigenvalue weighted by atomic mass is 10.1. The van der Waals surface area contributed by atoms with E-state index in [2.05, 4.69) is 65.7 Å². The van der Waals surface area contributed by atoms with Crippen LogP contribution in [0, 0.1) is 0 Å². The summed E-state index contributed by atoms with van der Waals surface area (Å²) in [6.45, 7) is 10.6. The fourth-order valence-electron chi connectivity index (χ4n) is 1.91. The zero-order chi connectivity index (χ0) is 22.2. The summed E-state index contributed by atoms with van der Waals surface area (Å²) in [4.78, 5) is 22.9. The van der Waals surface area contributed by atoms with E-state index >= 15 is 0 Å². The van der Waals surface area contributed by atoms with Crippen LogP contribution in [0.5, 0.6) is 0 Å². The molecule has 0 atom stereocenters. The molecule has 0 aliphatic carbocycles. The lowest BCUT2D eigenvalue weighted by Gasteiger charge is -2.35. The molecule has 1 N–H and O–H groups in total. The molecule has 0 saturated carbocycles. The number of ketones is 2. The van der Waals surface area contributed by atoms with E-state index in [0.717, 1.165) is 8.95 Å². The highest BCUT2D eigenvalue weighted by molar-refractivity contribution is 9.10. The van der Waals surface area contributed by atoms with E-state index in [-0.39, 0.29) is 30.6 Å². The molecule has 7 heteroatoms. The minimum atomic E-state index is -1.84. The summed E-state index contributed by atoms with van der Waals surface area (Å²) in [6.07, 6.45) is 0. The van der Waals surface area contributed by atoms with Gasteiger partial charge in [0.2, 0.25) is 0 Å². The Bertz CT molecular complexity index is 811. The van der Waals surface area contributed by atoms with E-state index in [0.29, 0.717) is 11.1 Å². The molecule has 2 rings (SSSR count). The van der Waals surface area contributed by atoms with Crippen LogP contribution in [0.1, 0.15) is 48.9 Å². The molecule has 0 bridgehead atoms. The average Bonchev–Trinajstić information content (AvgIpc) is 2.66. The second-order valence-corrected chi connectivity index (χ2v) is 14.7. The first-order chi connectivity index (χ1) is 13.4. The first kappa shape index (κ1) is 28.9. The molecular formula is C23H32Br2O4Si. The van der Waals surface area contributed by atoms with E-state index < -0.39 is 14.9 Å². The van der Waals surface area contributed by atoms with Crippen LogP contribution in [0.15, 0.2) is 57.5 Å². The smallest absolute Gasteiger partial charge is 0.192 e. The van der Waals surface area contributed by atoms with Crippen LogP contribution in [0.2, 0.25) is 18.1 Å². The van der Waals surface area contributed by atoms with Crippen molar-refractivity contribution in [3.63, 3.8) is 0 Å². The van der Waals surface area contributed by atoms with Gasteiger partial charge < -0.3 is 9.53 Å². The Morgan fingerprint density at radius 2 is 1.23 bits per heavy atom. The van der Waals surface area contributed by atoms with Crippen LogP contribution in [0.4, 0.5) is 0 Å². The van der Waals surface area contributed by atoms with Crippen LogP contribution in [0.3, 0.4) is 0 Å². The predicted molar refractivity (Wildman–Crippen MR) is 134 cm³/mol. The Hall–Kier alpha value is -1.12. The Kier molecular flexibility index (Phi) is 12.2. The van der Waals surface area contributed by atoms with Gasteiger partial charge in [0.05, 0.1) is 6.61 Å². The molecular weight excluding hydrogens is 528 g/mol. The summed E-state index contributed by atoms with van der Waals surface area (Å²) in [6, 6.07) is 14.3. The molecule has 2 aromatic carbocycles. The summed E-state index contributed by atoms with van der Waals surface area (Å²) in [5.74, 6) is -0.204. The molecule has 30 heavy (non-hydrogen) atoms. The van der Waals surface area contributed by atoms with Gasteiger partial charge in [0.1, 0.15) is 6.61 Å². The summed E-state index contributed by atoms with van der Waals surface area (Å²) in [5, 5.41) is 8.63. The molecule has 0 amide bonds. The van der Waals surface area contributed by atoms with Crippen molar-refractivity contribution >= 4 is 51.7 Å². The Balaban J connectivity index is 0.000000603. The van der Waals surface area contributed by atoms with Crippen LogP contribution in [0.25, 0.3) is 0 Å². The number of aliphatic hydroxyl groups is 1. The Morgan fingerprint density at radius 1 is 0.867 bits per heavy atom. The fraction of sp³-hybridized carbons (Fsp3) is 0.391. The molecule has 2 aromatic rings. The lowest BCUT2D eigenvalue weighted by molar-refractivity contribution is 0.0900. The maximum atomic E-state index is 12.0. The monoisotopic (exact) mass is 558 g/mol. The van der Waals surface area contributed by atoms with Crippen LogP contribution < -0.4 is 0 Å². The van der Waals surface area contributed by atoms with E-state index in [1.165, 1.54) is 0 Å². The third-order valence-corrected chi connectivity index (χ3v) is 10.4. The minimum absolute atomic E-state index is 0.